The van der Waals surface area contributed by atoms with E-state index in [1.54, 1.807) is 6.08 Å². The second-order valence-electron chi connectivity index (χ2n) is 5.24. The molecule has 0 bridgehead atoms. The molecule has 0 atom stereocenters. The number of aliphatic hydroxyl groups excluding tert-OH is 1. The number of hydrogen-bond donors (Lipinski definition) is 1. The Hall–Kier alpha value is -0.443. The summed E-state index contributed by atoms with van der Waals surface area (Å²) in [7, 11) is -1.20. The zero-order valence-electron chi connectivity index (χ0n) is 10.7. The smallest absolute Gasteiger partial charge is 0.272 e. The van der Waals surface area contributed by atoms with Crippen LogP contribution in [0.4, 0.5) is 0 Å². The maximum absolute atomic E-state index is 9.43. The molecule has 0 radical (unpaired) electrons. The van der Waals surface area contributed by atoms with E-state index >= 15 is 0 Å². The highest BCUT2D eigenvalue weighted by atomic mass is 28.3. The fraction of sp³-hybridized carbons (Fsp3) is 0.833. The number of ether oxygens (including phenoxy) is 1. The van der Waals surface area contributed by atoms with Gasteiger partial charge < -0.3 is 9.84 Å². The molecule has 0 fully saturated rings. The van der Waals surface area contributed by atoms with Crippen LogP contribution in [0, 0.1) is 0 Å². The first kappa shape index (κ1) is 14.6. The van der Waals surface area contributed by atoms with Crippen molar-refractivity contribution in [2.45, 2.75) is 58.7 Å². The minimum Gasteiger partial charge on any atom is -0.481 e. The van der Waals surface area contributed by atoms with Crippen molar-refractivity contribution in [3.05, 3.63) is 12.0 Å². The van der Waals surface area contributed by atoms with Gasteiger partial charge in [-0.1, -0.05) is 45.8 Å². The van der Waals surface area contributed by atoms with Gasteiger partial charge in [0.2, 0.25) is 0 Å². The lowest BCUT2D eigenvalue weighted by atomic mass is 10.1. The third-order valence-electron chi connectivity index (χ3n) is 2.03. The summed E-state index contributed by atoms with van der Waals surface area (Å²) in [6.07, 6.45) is 8.35. The third kappa shape index (κ3) is 11.5. The lowest BCUT2D eigenvalue weighted by Gasteiger charge is -2.15. The second-order valence-corrected chi connectivity index (χ2v) is 10.7. The number of unbranched alkanes of at least 4 members (excludes halogenated alkanes) is 4. The van der Waals surface area contributed by atoms with Crippen molar-refractivity contribution in [3.8, 4) is 0 Å². The zero-order valence-corrected chi connectivity index (χ0v) is 11.7. The first-order valence-electron chi connectivity index (χ1n) is 5.97. The monoisotopic (exact) mass is 230 g/mol. The van der Waals surface area contributed by atoms with Gasteiger partial charge in [-0.05, 0) is 18.9 Å². The highest BCUT2D eigenvalue weighted by molar-refractivity contribution is 6.76. The van der Waals surface area contributed by atoms with E-state index in [9.17, 15) is 5.11 Å². The summed E-state index contributed by atoms with van der Waals surface area (Å²) < 4.78 is 5.29. The van der Waals surface area contributed by atoms with Crippen molar-refractivity contribution in [2.75, 3.05) is 6.23 Å². The molecule has 0 heterocycles. The number of rotatable bonds is 8. The Labute approximate surface area is 95.4 Å². The van der Waals surface area contributed by atoms with Crippen LogP contribution in [0.25, 0.3) is 0 Å². The molecule has 0 unspecified atom stereocenters. The van der Waals surface area contributed by atoms with Crippen molar-refractivity contribution in [1.29, 1.82) is 0 Å². The number of allylic oxidation sites excluding steroid dienone is 1. The van der Waals surface area contributed by atoms with Crippen molar-refractivity contribution in [3.63, 3.8) is 0 Å². The fourth-order valence-corrected chi connectivity index (χ4v) is 1.73. The van der Waals surface area contributed by atoms with E-state index in [1.165, 1.54) is 19.3 Å². The van der Waals surface area contributed by atoms with Crippen LogP contribution in [0.5, 0.6) is 0 Å². The molecule has 0 spiro atoms. The molecular formula is C12H26O2Si. The summed E-state index contributed by atoms with van der Waals surface area (Å²) in [4.78, 5) is 0. The molecular weight excluding hydrogens is 204 g/mol. The van der Waals surface area contributed by atoms with Gasteiger partial charge in [0.05, 0.1) is 14.3 Å². The van der Waals surface area contributed by atoms with Crippen LogP contribution >= 0.6 is 0 Å². The third-order valence-corrected chi connectivity index (χ3v) is 3.04. The lowest BCUT2D eigenvalue weighted by molar-refractivity contribution is 0.118. The van der Waals surface area contributed by atoms with Crippen LogP contribution in [0.15, 0.2) is 12.0 Å². The molecule has 2 nitrogen and oxygen atoms in total. The molecule has 0 aliphatic heterocycles. The molecule has 0 aromatic heterocycles. The Morgan fingerprint density at radius 3 is 2.40 bits per heavy atom. The van der Waals surface area contributed by atoms with E-state index in [4.69, 9.17) is 4.74 Å². The predicted octanol–water partition coefficient (Wildman–Crippen LogP) is 4.25. The Morgan fingerprint density at radius 1 is 1.20 bits per heavy atom. The number of aliphatic hydroxyl groups is 1. The molecule has 1 N–H and O–H groups in total. The van der Waals surface area contributed by atoms with Crippen molar-refractivity contribution in [1.82, 2.24) is 0 Å². The molecule has 3 heteroatoms. The molecule has 0 aliphatic carbocycles. The van der Waals surface area contributed by atoms with Gasteiger partial charge in [-0.15, -0.1) is 0 Å². The van der Waals surface area contributed by atoms with Crippen LogP contribution in [0.2, 0.25) is 19.6 Å². The van der Waals surface area contributed by atoms with Crippen molar-refractivity contribution in [2.24, 2.45) is 0 Å². The standard InChI is InChI=1S/C12H26O2Si/c1-5-6-7-8-9-10-12(13)14-11-15(2,3)4/h10,13H,5-9,11H2,1-4H3/b12-10+. The summed E-state index contributed by atoms with van der Waals surface area (Å²) in [5.74, 6) is 0.119. The van der Waals surface area contributed by atoms with E-state index in [0.717, 1.165) is 12.8 Å². The summed E-state index contributed by atoms with van der Waals surface area (Å²) in [6.45, 7) is 8.87. The van der Waals surface area contributed by atoms with E-state index in [1.807, 2.05) is 0 Å². The van der Waals surface area contributed by atoms with Gasteiger partial charge in [0.1, 0.15) is 0 Å². The van der Waals surface area contributed by atoms with Gasteiger partial charge in [0.15, 0.2) is 0 Å². The molecule has 0 aromatic carbocycles. The minimum atomic E-state index is -1.20. The van der Waals surface area contributed by atoms with Gasteiger partial charge in [0.25, 0.3) is 5.95 Å². The topological polar surface area (TPSA) is 29.5 Å². The first-order valence-corrected chi connectivity index (χ1v) is 9.68. The highest BCUT2D eigenvalue weighted by Crippen LogP contribution is 2.07. The highest BCUT2D eigenvalue weighted by Gasteiger charge is 2.14. The second kappa shape index (κ2) is 7.80. The number of hydrogen-bond acceptors (Lipinski definition) is 2. The maximum atomic E-state index is 9.43. The van der Waals surface area contributed by atoms with Crippen LogP contribution in [-0.2, 0) is 4.74 Å². The summed E-state index contributed by atoms with van der Waals surface area (Å²) in [5, 5.41) is 9.43. The molecule has 0 saturated carbocycles. The molecule has 0 amide bonds. The summed E-state index contributed by atoms with van der Waals surface area (Å²) >= 11 is 0. The van der Waals surface area contributed by atoms with Crippen molar-refractivity contribution < 1.29 is 9.84 Å². The van der Waals surface area contributed by atoms with Gasteiger partial charge in [-0.3, -0.25) is 0 Å². The molecule has 90 valence electrons. The van der Waals surface area contributed by atoms with E-state index in [0.29, 0.717) is 6.23 Å². The molecule has 0 aromatic rings. The average Bonchev–Trinajstić information content (AvgIpc) is 2.13. The van der Waals surface area contributed by atoms with Gasteiger partial charge in [-0.25, -0.2) is 0 Å². The largest absolute Gasteiger partial charge is 0.481 e. The van der Waals surface area contributed by atoms with Gasteiger partial charge >= 0.3 is 0 Å². The normalized spacial score (nSPS) is 12.9. The first-order chi connectivity index (χ1) is 6.95. The van der Waals surface area contributed by atoms with E-state index in [-0.39, 0.29) is 5.95 Å². The van der Waals surface area contributed by atoms with E-state index in [2.05, 4.69) is 26.6 Å². The Balaban J connectivity index is 3.52. The quantitative estimate of drug-likeness (QED) is 0.384. The minimum absolute atomic E-state index is 0.119. The van der Waals surface area contributed by atoms with Crippen LogP contribution in [0.1, 0.15) is 39.0 Å². The zero-order chi connectivity index (χ0) is 11.7. The summed E-state index contributed by atoms with van der Waals surface area (Å²) in [6, 6.07) is 0. The average molecular weight is 230 g/mol. The van der Waals surface area contributed by atoms with Crippen molar-refractivity contribution >= 4 is 8.07 Å². The predicted molar refractivity (Wildman–Crippen MR) is 68.8 cm³/mol. The summed E-state index contributed by atoms with van der Waals surface area (Å²) in [5.41, 5.74) is 0. The SMILES string of the molecule is CCCCCC/C=C(\O)OC[Si](C)(C)C. The lowest BCUT2D eigenvalue weighted by Crippen LogP contribution is -2.27. The van der Waals surface area contributed by atoms with Crippen LogP contribution in [0.3, 0.4) is 0 Å². The Morgan fingerprint density at radius 2 is 1.87 bits per heavy atom. The Kier molecular flexibility index (Phi) is 7.57. The fourth-order valence-electron chi connectivity index (χ4n) is 1.15. The molecule has 15 heavy (non-hydrogen) atoms. The maximum Gasteiger partial charge on any atom is 0.272 e. The van der Waals surface area contributed by atoms with Crippen LogP contribution in [-0.4, -0.2) is 19.4 Å². The molecule has 0 rings (SSSR count). The van der Waals surface area contributed by atoms with E-state index < -0.39 is 8.07 Å². The van der Waals surface area contributed by atoms with Crippen LogP contribution < -0.4 is 0 Å². The molecule has 0 saturated heterocycles. The van der Waals surface area contributed by atoms with Gasteiger partial charge in [-0.2, -0.15) is 0 Å². The Bertz CT molecular complexity index is 183. The molecule has 0 aliphatic rings. The van der Waals surface area contributed by atoms with Gasteiger partial charge in [0, 0.05) is 0 Å².